The molecule has 0 N–H and O–H groups in total. The van der Waals surface area contributed by atoms with E-state index >= 15 is 0 Å². The van der Waals surface area contributed by atoms with E-state index < -0.39 is 0 Å². The van der Waals surface area contributed by atoms with Crippen molar-refractivity contribution in [3.05, 3.63) is 144 Å². The number of benzene rings is 6. The monoisotopic (exact) mass is 488 g/mol. The smallest absolute Gasteiger partial charge is 0.0715 e. The fraction of sp³-hybridized carbons (Fsp3) is 0.0556. The number of hydrogen-bond acceptors (Lipinski definition) is 2. The lowest BCUT2D eigenvalue weighted by molar-refractivity contribution is 1.45. The summed E-state index contributed by atoms with van der Waals surface area (Å²) in [4.78, 5) is 10.1. The summed E-state index contributed by atoms with van der Waals surface area (Å²) in [7, 11) is 0. The van der Waals surface area contributed by atoms with Crippen molar-refractivity contribution in [3.8, 4) is 11.1 Å². The van der Waals surface area contributed by atoms with E-state index in [2.05, 4.69) is 135 Å². The van der Waals surface area contributed by atoms with Crippen LogP contribution < -0.4 is 0 Å². The van der Waals surface area contributed by atoms with E-state index in [-0.39, 0.29) is 0 Å². The van der Waals surface area contributed by atoms with Gasteiger partial charge in [0.2, 0.25) is 0 Å². The van der Waals surface area contributed by atoms with Crippen LogP contribution in [0.15, 0.2) is 131 Å². The Bertz CT molecular complexity index is 1710. The first-order valence-corrected chi connectivity index (χ1v) is 12.9. The highest BCUT2D eigenvalue weighted by Gasteiger charge is 2.16. The Hall–Kier alpha value is -4.82. The molecule has 6 aromatic carbocycles. The van der Waals surface area contributed by atoms with Gasteiger partial charge in [0.25, 0.3) is 0 Å². The van der Waals surface area contributed by atoms with Crippen LogP contribution >= 0.6 is 0 Å². The van der Waals surface area contributed by atoms with Crippen molar-refractivity contribution in [1.82, 2.24) is 0 Å². The predicted molar refractivity (Wildman–Crippen MR) is 164 cm³/mol. The van der Waals surface area contributed by atoms with E-state index in [0.717, 1.165) is 44.4 Å². The third-order valence-electron chi connectivity index (χ3n) is 6.85. The maximum Gasteiger partial charge on any atom is 0.0715 e. The molecule has 0 atom stereocenters. The van der Waals surface area contributed by atoms with Gasteiger partial charge in [0, 0.05) is 23.6 Å². The summed E-state index contributed by atoms with van der Waals surface area (Å²) in [5, 5.41) is 4.68. The minimum atomic E-state index is 0.925. The standard InChI is InChI=1S/C36H28N2/c1-25-9-7-11-27(21-25)23-37-33-19-17-29-13-3-5-15-31(29)35(33)36-32-16-6-4-14-30(32)18-20-34(36)38-24-28-12-8-10-26(2)22-28/h3-24H,1-2H3. The lowest BCUT2D eigenvalue weighted by Gasteiger charge is -2.16. The molecule has 0 bridgehead atoms. The topological polar surface area (TPSA) is 24.7 Å². The minimum Gasteiger partial charge on any atom is -0.256 e. The molecule has 0 saturated carbocycles. The summed E-state index contributed by atoms with van der Waals surface area (Å²) in [5.41, 5.74) is 8.64. The molecule has 6 rings (SSSR count). The summed E-state index contributed by atoms with van der Waals surface area (Å²) in [6.07, 6.45) is 3.92. The molecule has 0 radical (unpaired) electrons. The molecule has 2 heteroatoms. The van der Waals surface area contributed by atoms with Gasteiger partial charge in [-0.1, -0.05) is 120 Å². The number of aryl methyl sites for hydroxylation is 2. The van der Waals surface area contributed by atoms with Crippen LogP contribution in [0.25, 0.3) is 32.7 Å². The van der Waals surface area contributed by atoms with E-state index in [4.69, 9.17) is 9.98 Å². The lowest BCUT2D eigenvalue weighted by atomic mass is 9.91. The molecule has 0 unspecified atom stereocenters. The van der Waals surface area contributed by atoms with Gasteiger partial charge in [0.05, 0.1) is 11.4 Å². The second-order valence-corrected chi connectivity index (χ2v) is 9.71. The van der Waals surface area contributed by atoms with Gasteiger partial charge in [-0.3, -0.25) is 9.98 Å². The van der Waals surface area contributed by atoms with Gasteiger partial charge in [-0.2, -0.15) is 0 Å². The molecule has 0 amide bonds. The zero-order chi connectivity index (χ0) is 25.9. The Morgan fingerprint density at radius 2 is 0.895 bits per heavy atom. The lowest BCUT2D eigenvalue weighted by Crippen LogP contribution is -1.89. The number of rotatable bonds is 5. The quantitative estimate of drug-likeness (QED) is 0.216. The molecule has 0 aromatic heterocycles. The highest BCUT2D eigenvalue weighted by Crippen LogP contribution is 2.45. The second-order valence-electron chi connectivity index (χ2n) is 9.71. The number of hydrogen-bond donors (Lipinski definition) is 0. The van der Waals surface area contributed by atoms with Gasteiger partial charge < -0.3 is 0 Å². The summed E-state index contributed by atoms with van der Waals surface area (Å²) in [6.45, 7) is 4.21. The minimum absolute atomic E-state index is 0.925. The van der Waals surface area contributed by atoms with Crippen LogP contribution in [-0.2, 0) is 0 Å². The van der Waals surface area contributed by atoms with Crippen molar-refractivity contribution in [2.24, 2.45) is 9.98 Å². The van der Waals surface area contributed by atoms with Crippen LogP contribution in [0.1, 0.15) is 22.3 Å². The van der Waals surface area contributed by atoms with E-state index in [1.54, 1.807) is 0 Å². The molecule has 0 aliphatic rings. The normalized spacial score (nSPS) is 11.7. The van der Waals surface area contributed by atoms with Crippen LogP contribution in [0.2, 0.25) is 0 Å². The Morgan fingerprint density at radius 1 is 0.447 bits per heavy atom. The summed E-state index contributed by atoms with van der Waals surface area (Å²) in [5.74, 6) is 0. The Kier molecular flexibility index (Phi) is 6.37. The molecule has 38 heavy (non-hydrogen) atoms. The van der Waals surface area contributed by atoms with E-state index in [0.29, 0.717) is 0 Å². The van der Waals surface area contributed by atoms with Crippen molar-refractivity contribution < 1.29 is 0 Å². The predicted octanol–water partition coefficient (Wildman–Crippen LogP) is 9.78. The summed E-state index contributed by atoms with van der Waals surface area (Å²) < 4.78 is 0. The molecular weight excluding hydrogens is 460 g/mol. The molecule has 0 heterocycles. The third kappa shape index (κ3) is 4.77. The third-order valence-corrected chi connectivity index (χ3v) is 6.85. The van der Waals surface area contributed by atoms with Crippen molar-refractivity contribution >= 4 is 45.3 Å². The zero-order valence-corrected chi connectivity index (χ0v) is 21.6. The largest absolute Gasteiger partial charge is 0.256 e. The number of nitrogens with zero attached hydrogens (tertiary/aromatic N) is 2. The van der Waals surface area contributed by atoms with Gasteiger partial charge in [-0.05, 0) is 58.7 Å². The molecule has 2 nitrogen and oxygen atoms in total. The fourth-order valence-electron chi connectivity index (χ4n) is 5.05. The zero-order valence-electron chi connectivity index (χ0n) is 21.6. The van der Waals surface area contributed by atoms with Gasteiger partial charge in [-0.25, -0.2) is 0 Å². The van der Waals surface area contributed by atoms with Crippen molar-refractivity contribution in [2.75, 3.05) is 0 Å². The second kappa shape index (κ2) is 10.3. The van der Waals surface area contributed by atoms with Crippen molar-refractivity contribution in [3.63, 3.8) is 0 Å². The molecule has 0 aliphatic heterocycles. The van der Waals surface area contributed by atoms with E-state index in [1.165, 1.54) is 21.9 Å². The number of aliphatic imine (C=N–C) groups is 2. The SMILES string of the molecule is Cc1cccc(C=Nc2ccc3ccccc3c2-c2c(N=Cc3cccc(C)c3)ccc3ccccc23)c1. The fourth-order valence-corrected chi connectivity index (χ4v) is 5.05. The Balaban J connectivity index is 1.62. The van der Waals surface area contributed by atoms with Crippen LogP contribution in [0, 0.1) is 13.8 Å². The highest BCUT2D eigenvalue weighted by molar-refractivity contribution is 6.13. The molecular formula is C36H28N2. The molecule has 0 fully saturated rings. The van der Waals surface area contributed by atoms with Crippen molar-refractivity contribution in [2.45, 2.75) is 13.8 Å². The van der Waals surface area contributed by atoms with Crippen LogP contribution in [0.4, 0.5) is 11.4 Å². The van der Waals surface area contributed by atoms with Crippen LogP contribution in [0.5, 0.6) is 0 Å². The first kappa shape index (κ1) is 23.6. The maximum atomic E-state index is 5.04. The van der Waals surface area contributed by atoms with Gasteiger partial charge in [0.15, 0.2) is 0 Å². The highest BCUT2D eigenvalue weighted by atomic mass is 14.7. The molecule has 6 aromatic rings. The molecule has 0 aliphatic carbocycles. The van der Waals surface area contributed by atoms with Gasteiger partial charge in [-0.15, -0.1) is 0 Å². The molecule has 0 spiro atoms. The number of fused-ring (bicyclic) bond motifs is 2. The van der Waals surface area contributed by atoms with Gasteiger partial charge in [0.1, 0.15) is 0 Å². The van der Waals surface area contributed by atoms with Gasteiger partial charge >= 0.3 is 0 Å². The maximum absolute atomic E-state index is 5.04. The molecule has 182 valence electrons. The summed E-state index contributed by atoms with van der Waals surface area (Å²) >= 11 is 0. The molecule has 0 saturated heterocycles. The Labute approximate surface area is 223 Å². The Morgan fingerprint density at radius 3 is 1.34 bits per heavy atom. The van der Waals surface area contributed by atoms with E-state index in [9.17, 15) is 0 Å². The van der Waals surface area contributed by atoms with Crippen LogP contribution in [-0.4, -0.2) is 12.4 Å². The average molecular weight is 489 g/mol. The van der Waals surface area contributed by atoms with E-state index in [1.807, 2.05) is 12.4 Å². The average Bonchev–Trinajstić information content (AvgIpc) is 2.94. The van der Waals surface area contributed by atoms with Crippen molar-refractivity contribution in [1.29, 1.82) is 0 Å². The first-order chi connectivity index (χ1) is 18.7. The van der Waals surface area contributed by atoms with Crippen LogP contribution in [0.3, 0.4) is 0 Å². The summed E-state index contributed by atoms with van der Waals surface area (Å²) in [6, 6.07) is 42.5. The first-order valence-electron chi connectivity index (χ1n) is 12.9.